The second-order valence-corrected chi connectivity index (χ2v) is 16.7. The minimum atomic E-state index is -4.26. The van der Waals surface area contributed by atoms with Crippen LogP contribution in [0.4, 0.5) is 11.8 Å². The highest BCUT2D eigenvalue weighted by Crippen LogP contribution is 2.61. The predicted molar refractivity (Wildman–Crippen MR) is 165 cm³/mol. The Morgan fingerprint density at radius 2 is 1.67 bits per heavy atom. The minimum Gasteiger partial charge on any atom is -0.396 e. The number of aromatic nitrogens is 8. The van der Waals surface area contributed by atoms with Crippen LogP contribution in [0.2, 0.25) is 0 Å². The van der Waals surface area contributed by atoms with Crippen molar-refractivity contribution in [3.8, 4) is 0 Å². The number of anilines is 2. The Bertz CT molecular complexity index is 1960. The molecule has 0 spiro atoms. The molecule has 1 saturated carbocycles. The van der Waals surface area contributed by atoms with E-state index in [1.165, 1.54) is 23.5 Å². The molecule has 7 N–H and O–H groups in total. The third kappa shape index (κ3) is 5.64. The number of ether oxygens (including phenoxy) is 1. The number of H-pyrrole nitrogens is 1. The summed E-state index contributed by atoms with van der Waals surface area (Å²) in [6, 6.07) is -0.723. The quantitative estimate of drug-likeness (QED) is 0.112. The van der Waals surface area contributed by atoms with Gasteiger partial charge in [-0.1, -0.05) is 24.5 Å². The monoisotopic (exact) mass is 718 g/mol. The molecule has 4 aromatic rings. The van der Waals surface area contributed by atoms with Crippen molar-refractivity contribution in [1.29, 1.82) is 0 Å². The third-order valence-electron chi connectivity index (χ3n) is 8.28. The molecule has 6 heterocycles. The summed E-state index contributed by atoms with van der Waals surface area (Å²) in [5.74, 6) is -1.73. The zero-order valence-electron chi connectivity index (χ0n) is 23.4. The second-order valence-electron chi connectivity index (χ2n) is 11.0. The third-order valence-corrected chi connectivity index (χ3v) is 11.5. The van der Waals surface area contributed by atoms with E-state index in [0.29, 0.717) is 11.2 Å². The number of fused-ring (bicyclic) bond motifs is 5. The molecule has 0 aromatic carbocycles. The lowest BCUT2D eigenvalue weighted by Crippen LogP contribution is -2.33. The summed E-state index contributed by atoms with van der Waals surface area (Å²) in [4.78, 5) is 35.4. The summed E-state index contributed by atoms with van der Waals surface area (Å²) in [7, 11) is 0. The Kier molecular flexibility index (Phi) is 8.21. The minimum absolute atomic E-state index is 0.0187. The molecule has 2 aliphatic heterocycles. The van der Waals surface area contributed by atoms with Gasteiger partial charge in [0.1, 0.15) is 30.2 Å². The van der Waals surface area contributed by atoms with Gasteiger partial charge in [-0.3, -0.25) is 27.9 Å². The lowest BCUT2D eigenvalue weighted by molar-refractivity contribution is -0.0501. The molecular formula is C22H28N10O10P2S2. The second kappa shape index (κ2) is 11.8. The van der Waals surface area contributed by atoms with Crippen LogP contribution in [0.1, 0.15) is 18.7 Å². The number of rotatable bonds is 3. The lowest BCUT2D eigenvalue weighted by Gasteiger charge is -2.28. The van der Waals surface area contributed by atoms with Gasteiger partial charge in [0.2, 0.25) is 5.95 Å². The standard InChI is InChI=1S/C22H28N10O10P2S2/c23-17-12-18(26-5-25-17)31(6-27-12)10-1-8-3-38-43(36,45)42-16-9(2-33)11(4-39-44(37,46)41-15(8)14(10)34)40-21(16)32-7-28-13-19(32)29-22(24)30-20(13)35/h5-11,14-16,21,33-34H,1-4H2,(H,36,45)(H,37,46)(H2,23,25,26)(H3,24,29,30,35)/t8?,9?,10?,11?,14?,15?,16?,21?,43-,44+/m0/s1. The number of nitrogens with zero attached hydrogens (tertiary/aromatic N) is 7. The number of aromatic amines is 1. The maximum atomic E-state index is 13.7. The Hall–Kier alpha value is -2.62. The number of imidazole rings is 2. The van der Waals surface area contributed by atoms with Crippen LogP contribution in [0.15, 0.2) is 23.8 Å². The van der Waals surface area contributed by atoms with Gasteiger partial charge in [-0.05, 0) is 6.42 Å². The maximum Gasteiger partial charge on any atom is 0.386 e. The smallest absolute Gasteiger partial charge is 0.386 e. The molecule has 8 unspecified atom stereocenters. The molecule has 0 amide bonds. The van der Waals surface area contributed by atoms with Crippen LogP contribution in [-0.2, 0) is 32.0 Å². The Morgan fingerprint density at radius 1 is 0.978 bits per heavy atom. The first kappa shape index (κ1) is 32.0. The van der Waals surface area contributed by atoms with E-state index in [2.05, 4.69) is 54.4 Å². The van der Waals surface area contributed by atoms with Crippen molar-refractivity contribution in [2.75, 3.05) is 31.3 Å². The van der Waals surface area contributed by atoms with Crippen molar-refractivity contribution in [2.24, 2.45) is 11.8 Å². The van der Waals surface area contributed by atoms with E-state index in [-0.39, 0.29) is 36.0 Å². The van der Waals surface area contributed by atoms with Gasteiger partial charge in [0.25, 0.3) is 5.56 Å². The fourth-order valence-corrected chi connectivity index (χ4v) is 9.22. The van der Waals surface area contributed by atoms with Gasteiger partial charge < -0.3 is 35.5 Å². The van der Waals surface area contributed by atoms with E-state index in [1.54, 1.807) is 4.57 Å². The van der Waals surface area contributed by atoms with Crippen LogP contribution in [-0.4, -0.2) is 93.5 Å². The number of aliphatic hydroxyl groups excluding tert-OH is 2. The zero-order chi connectivity index (χ0) is 32.5. The number of hydrogen-bond acceptors (Lipinski definition) is 17. The largest absolute Gasteiger partial charge is 0.396 e. The first-order valence-electron chi connectivity index (χ1n) is 13.8. The molecular weight excluding hydrogens is 690 g/mol. The molecule has 3 fully saturated rings. The molecule has 2 bridgehead atoms. The first-order valence-corrected chi connectivity index (χ1v) is 19.2. The van der Waals surface area contributed by atoms with Crippen LogP contribution in [0.5, 0.6) is 0 Å². The molecule has 1 aliphatic carbocycles. The summed E-state index contributed by atoms with van der Waals surface area (Å²) in [6.45, 7) is -9.84. The number of thiol groups is 2. The average molecular weight is 719 g/mol. The van der Waals surface area contributed by atoms with Gasteiger partial charge >= 0.3 is 13.6 Å². The van der Waals surface area contributed by atoms with Crippen molar-refractivity contribution in [1.82, 2.24) is 39.0 Å². The van der Waals surface area contributed by atoms with E-state index in [1.807, 2.05) is 0 Å². The predicted octanol–water partition coefficient (Wildman–Crippen LogP) is 0.445. The maximum absolute atomic E-state index is 13.7. The molecule has 46 heavy (non-hydrogen) atoms. The molecule has 24 heteroatoms. The molecule has 0 radical (unpaired) electrons. The van der Waals surface area contributed by atoms with E-state index < -0.39 is 80.9 Å². The Morgan fingerprint density at radius 3 is 2.43 bits per heavy atom. The Labute approximate surface area is 268 Å². The van der Waals surface area contributed by atoms with Crippen LogP contribution in [0.3, 0.4) is 0 Å². The number of hydrogen-bond donors (Lipinski definition) is 7. The summed E-state index contributed by atoms with van der Waals surface area (Å²) in [6.07, 6.45) is -1.89. The summed E-state index contributed by atoms with van der Waals surface area (Å²) < 4.78 is 59.4. The number of nitrogens with two attached hydrogens (primary N) is 2. The highest BCUT2D eigenvalue weighted by atomic mass is 32.7. The lowest BCUT2D eigenvalue weighted by atomic mass is 9.99. The van der Waals surface area contributed by atoms with Gasteiger partial charge in [-0.25, -0.2) is 29.1 Å². The molecule has 3 aliphatic rings. The van der Waals surface area contributed by atoms with Crippen LogP contribution in [0.25, 0.3) is 22.3 Å². The normalized spacial score (nSPS) is 37.1. The number of aliphatic hydroxyl groups is 2. The van der Waals surface area contributed by atoms with Gasteiger partial charge in [0.15, 0.2) is 28.9 Å². The summed E-state index contributed by atoms with van der Waals surface area (Å²) >= 11 is 8.35. The van der Waals surface area contributed by atoms with Gasteiger partial charge in [-0.15, -0.1) is 0 Å². The SMILES string of the molecule is Nc1nc2c(ncn2C2OC3CO[P@@](=O)(S)OC4C(CO[P@](=O)(S)OC2C3CO)CC(n2cnc3c(N)ncnc32)C4O)c(=O)[nH]1. The highest BCUT2D eigenvalue weighted by molar-refractivity contribution is 8.44. The molecule has 248 valence electrons. The molecule has 10 atom stereocenters. The van der Waals surface area contributed by atoms with E-state index in [4.69, 9.17) is 34.3 Å². The van der Waals surface area contributed by atoms with Crippen LogP contribution < -0.4 is 17.0 Å². The molecule has 2 saturated heterocycles. The fourth-order valence-electron chi connectivity index (χ4n) is 6.16. The Balaban J connectivity index is 1.22. The molecule has 20 nitrogen and oxygen atoms in total. The topological polar surface area (TPSA) is 280 Å². The van der Waals surface area contributed by atoms with Crippen LogP contribution >= 0.6 is 38.1 Å². The number of nitrogen functional groups attached to an aromatic ring is 2. The van der Waals surface area contributed by atoms with E-state index in [9.17, 15) is 24.1 Å². The van der Waals surface area contributed by atoms with E-state index >= 15 is 0 Å². The zero-order valence-corrected chi connectivity index (χ0v) is 27.0. The highest BCUT2D eigenvalue weighted by Gasteiger charge is 2.52. The van der Waals surface area contributed by atoms with Crippen LogP contribution in [0, 0.1) is 11.8 Å². The molecule has 7 rings (SSSR count). The van der Waals surface area contributed by atoms with Gasteiger partial charge in [-0.2, -0.15) is 4.98 Å². The number of nitrogens with one attached hydrogen (secondary N) is 1. The summed E-state index contributed by atoms with van der Waals surface area (Å²) in [5.41, 5.74) is 11.7. The van der Waals surface area contributed by atoms with Crippen molar-refractivity contribution in [2.45, 2.75) is 43.1 Å². The fraction of sp³-hybridized carbons (Fsp3) is 0.545. The van der Waals surface area contributed by atoms with Crippen molar-refractivity contribution in [3.63, 3.8) is 0 Å². The van der Waals surface area contributed by atoms with Gasteiger partial charge in [0, 0.05) is 11.8 Å². The van der Waals surface area contributed by atoms with Crippen molar-refractivity contribution >= 4 is 72.2 Å². The average Bonchev–Trinajstić information content (AvgIpc) is 3.75. The van der Waals surface area contributed by atoms with Crippen molar-refractivity contribution < 1.29 is 42.2 Å². The van der Waals surface area contributed by atoms with Crippen molar-refractivity contribution in [3.05, 3.63) is 29.3 Å². The first-order chi connectivity index (χ1) is 21.9. The summed E-state index contributed by atoms with van der Waals surface area (Å²) in [5, 5.41) is 21.8. The van der Waals surface area contributed by atoms with Gasteiger partial charge in [0.05, 0.1) is 44.6 Å². The molecule has 4 aromatic heterocycles. The van der Waals surface area contributed by atoms with E-state index in [0.717, 1.165) is 0 Å².